The molecule has 0 aromatic rings. The van der Waals surface area contributed by atoms with Crippen LogP contribution in [-0.4, -0.2) is 24.6 Å². The van der Waals surface area contributed by atoms with Crippen LogP contribution in [0.5, 0.6) is 0 Å². The molecule has 1 aliphatic rings. The number of aliphatic hydroxyl groups is 1. The molecule has 0 heterocycles. The first-order valence-electron chi connectivity index (χ1n) is 6.99. The maximum Gasteiger partial charge on any atom is 0.100 e. The van der Waals surface area contributed by atoms with Gasteiger partial charge in [0.05, 0.1) is 6.07 Å². The highest BCUT2D eigenvalue weighted by Crippen LogP contribution is 2.32. The van der Waals surface area contributed by atoms with Crippen molar-refractivity contribution in [1.82, 2.24) is 0 Å². The van der Waals surface area contributed by atoms with Gasteiger partial charge in [-0.2, -0.15) is 5.26 Å². The zero-order valence-electron chi connectivity index (χ0n) is 12.5. The van der Waals surface area contributed by atoms with Gasteiger partial charge in [-0.3, -0.25) is 4.99 Å². The van der Waals surface area contributed by atoms with Gasteiger partial charge in [-0.1, -0.05) is 37.6 Å². The van der Waals surface area contributed by atoms with Crippen LogP contribution < -0.4 is 0 Å². The van der Waals surface area contributed by atoms with Crippen LogP contribution in [0.3, 0.4) is 0 Å². The third-order valence-corrected chi connectivity index (χ3v) is 3.27. The van der Waals surface area contributed by atoms with Crippen molar-refractivity contribution in [2.45, 2.75) is 19.8 Å². The average Bonchev–Trinajstić information content (AvgIpc) is 2.50. The quantitative estimate of drug-likeness (QED) is 0.575. The van der Waals surface area contributed by atoms with E-state index in [1.807, 2.05) is 12.2 Å². The van der Waals surface area contributed by atoms with E-state index in [1.165, 1.54) is 6.21 Å². The number of hydrogen-bond donors (Lipinski definition) is 2. The standard InChI is InChI=1S/C17H21N3O/c1-3-4-6-14(11-19)15-7-5-8-17(21)16(15)9-13(10-18)12-20-2/h5-10,12,15-16,18,21H,3-4H2,1-2H3/b13-9+,14-6+,18-10?,20-12-. The Hall–Kier alpha value is -2.41. The van der Waals surface area contributed by atoms with Gasteiger partial charge in [-0.05, 0) is 12.5 Å². The maximum absolute atomic E-state index is 10.1. The molecule has 0 amide bonds. The van der Waals surface area contributed by atoms with Gasteiger partial charge in [-0.25, -0.2) is 0 Å². The van der Waals surface area contributed by atoms with E-state index < -0.39 is 0 Å². The largest absolute Gasteiger partial charge is 0.512 e. The normalized spacial score (nSPS) is 23.0. The third-order valence-electron chi connectivity index (χ3n) is 3.27. The zero-order chi connectivity index (χ0) is 15.7. The topological polar surface area (TPSA) is 80.2 Å². The molecular formula is C17H21N3O. The lowest BCUT2D eigenvalue weighted by Gasteiger charge is -2.24. The number of aliphatic hydroxyl groups excluding tert-OH is 1. The molecule has 4 nitrogen and oxygen atoms in total. The number of allylic oxidation sites excluding steroid dienone is 7. The van der Waals surface area contributed by atoms with Crippen LogP contribution in [0.4, 0.5) is 0 Å². The summed E-state index contributed by atoms with van der Waals surface area (Å²) in [6, 6.07) is 2.23. The molecule has 110 valence electrons. The Bertz CT molecular complexity index is 559. The van der Waals surface area contributed by atoms with Crippen LogP contribution in [-0.2, 0) is 0 Å². The summed E-state index contributed by atoms with van der Waals surface area (Å²) in [5.74, 6) is -0.344. The summed E-state index contributed by atoms with van der Waals surface area (Å²) >= 11 is 0. The number of aliphatic imine (C=N–C) groups is 1. The molecule has 0 radical (unpaired) electrons. The number of nitriles is 1. The van der Waals surface area contributed by atoms with E-state index in [0.717, 1.165) is 12.8 Å². The fourth-order valence-corrected chi connectivity index (χ4v) is 2.22. The summed E-state index contributed by atoms with van der Waals surface area (Å²) in [6.07, 6.45) is 13.6. The van der Waals surface area contributed by atoms with Gasteiger partial charge in [0.25, 0.3) is 0 Å². The van der Waals surface area contributed by atoms with E-state index in [0.29, 0.717) is 11.1 Å². The summed E-state index contributed by atoms with van der Waals surface area (Å²) in [4.78, 5) is 3.89. The van der Waals surface area contributed by atoms with Crippen LogP contribution in [0.25, 0.3) is 0 Å². The second-order valence-electron chi connectivity index (χ2n) is 4.79. The SMILES string of the molecule is CCC/C=C(\C#N)C1C=CC=C(O)C1/C=C(C=N)/C=N\C. The molecular weight excluding hydrogens is 262 g/mol. The summed E-state index contributed by atoms with van der Waals surface area (Å²) in [5.41, 5.74) is 1.25. The van der Waals surface area contributed by atoms with Gasteiger partial charge in [0.2, 0.25) is 0 Å². The number of hydrogen-bond acceptors (Lipinski definition) is 4. The van der Waals surface area contributed by atoms with Gasteiger partial charge in [-0.15, -0.1) is 0 Å². The van der Waals surface area contributed by atoms with Crippen molar-refractivity contribution < 1.29 is 5.11 Å². The van der Waals surface area contributed by atoms with Crippen molar-refractivity contribution in [3.8, 4) is 6.07 Å². The molecule has 0 bridgehead atoms. The van der Waals surface area contributed by atoms with Crippen LogP contribution in [0.15, 0.2) is 52.3 Å². The Morgan fingerprint density at radius 3 is 2.90 bits per heavy atom. The van der Waals surface area contributed by atoms with Crippen molar-refractivity contribution in [3.05, 3.63) is 47.3 Å². The lowest BCUT2D eigenvalue weighted by Crippen LogP contribution is -2.18. The molecule has 0 saturated heterocycles. The van der Waals surface area contributed by atoms with Crippen molar-refractivity contribution in [2.24, 2.45) is 16.8 Å². The maximum atomic E-state index is 10.1. The van der Waals surface area contributed by atoms with E-state index in [1.54, 1.807) is 31.5 Å². The Labute approximate surface area is 126 Å². The number of nitrogens with zero attached hydrogens (tertiary/aromatic N) is 2. The zero-order valence-corrected chi connectivity index (χ0v) is 12.5. The van der Waals surface area contributed by atoms with Crippen LogP contribution >= 0.6 is 0 Å². The fraction of sp³-hybridized carbons (Fsp3) is 0.353. The van der Waals surface area contributed by atoms with Crippen LogP contribution in [0.2, 0.25) is 0 Å². The van der Waals surface area contributed by atoms with Gasteiger partial charge in [0.1, 0.15) is 5.76 Å². The molecule has 0 aromatic heterocycles. The second kappa shape index (κ2) is 8.70. The predicted molar refractivity (Wildman–Crippen MR) is 86.7 cm³/mol. The number of unbranched alkanes of at least 4 members (excludes halogenated alkanes) is 1. The lowest BCUT2D eigenvalue weighted by molar-refractivity contribution is 0.332. The first-order chi connectivity index (χ1) is 10.2. The Morgan fingerprint density at radius 2 is 2.33 bits per heavy atom. The molecule has 0 saturated carbocycles. The monoisotopic (exact) mass is 283 g/mol. The smallest absolute Gasteiger partial charge is 0.100 e. The molecule has 1 rings (SSSR count). The minimum absolute atomic E-state index is 0.198. The highest BCUT2D eigenvalue weighted by Gasteiger charge is 2.26. The molecule has 2 unspecified atom stereocenters. The van der Waals surface area contributed by atoms with E-state index >= 15 is 0 Å². The minimum atomic E-state index is -0.340. The lowest BCUT2D eigenvalue weighted by atomic mass is 9.80. The highest BCUT2D eigenvalue weighted by molar-refractivity contribution is 6.02. The summed E-state index contributed by atoms with van der Waals surface area (Å²) < 4.78 is 0. The molecule has 4 heteroatoms. The van der Waals surface area contributed by atoms with Crippen molar-refractivity contribution in [1.29, 1.82) is 10.7 Å². The Kier molecular flexibility index (Phi) is 6.90. The summed E-state index contributed by atoms with van der Waals surface area (Å²) in [5, 5.41) is 26.9. The van der Waals surface area contributed by atoms with Crippen LogP contribution in [0, 0.1) is 28.6 Å². The minimum Gasteiger partial charge on any atom is -0.512 e. The second-order valence-corrected chi connectivity index (χ2v) is 4.79. The average molecular weight is 283 g/mol. The predicted octanol–water partition coefficient (Wildman–Crippen LogP) is 3.76. The molecule has 0 aromatic carbocycles. The molecule has 1 aliphatic carbocycles. The van der Waals surface area contributed by atoms with E-state index in [9.17, 15) is 10.4 Å². The number of nitrogens with one attached hydrogen (secondary N) is 1. The first kappa shape index (κ1) is 16.6. The Morgan fingerprint density at radius 1 is 1.57 bits per heavy atom. The third kappa shape index (κ3) is 4.57. The van der Waals surface area contributed by atoms with Gasteiger partial charge in [0.15, 0.2) is 0 Å². The summed E-state index contributed by atoms with van der Waals surface area (Å²) in [6.45, 7) is 2.06. The molecule has 0 aliphatic heterocycles. The highest BCUT2D eigenvalue weighted by atomic mass is 16.3. The van der Waals surface area contributed by atoms with Gasteiger partial charge in [0, 0.05) is 42.5 Å². The van der Waals surface area contributed by atoms with Crippen LogP contribution in [0.1, 0.15) is 19.8 Å². The van der Waals surface area contributed by atoms with Gasteiger partial charge >= 0.3 is 0 Å². The van der Waals surface area contributed by atoms with E-state index in [-0.39, 0.29) is 17.6 Å². The van der Waals surface area contributed by atoms with Crippen molar-refractivity contribution in [3.63, 3.8) is 0 Å². The molecule has 2 N–H and O–H groups in total. The summed E-state index contributed by atoms with van der Waals surface area (Å²) in [7, 11) is 1.63. The van der Waals surface area contributed by atoms with Crippen molar-refractivity contribution >= 4 is 12.4 Å². The fourth-order valence-electron chi connectivity index (χ4n) is 2.22. The first-order valence-corrected chi connectivity index (χ1v) is 6.99. The van der Waals surface area contributed by atoms with Gasteiger partial charge < -0.3 is 10.5 Å². The molecule has 0 fully saturated rings. The Balaban J connectivity index is 3.18. The molecule has 0 spiro atoms. The van der Waals surface area contributed by atoms with Crippen molar-refractivity contribution in [2.75, 3.05) is 7.05 Å². The van der Waals surface area contributed by atoms with E-state index in [4.69, 9.17) is 5.41 Å². The molecule has 21 heavy (non-hydrogen) atoms. The van der Waals surface area contributed by atoms with E-state index in [2.05, 4.69) is 18.0 Å². The number of rotatable bonds is 6. The molecule has 2 atom stereocenters.